The Kier molecular flexibility index (Phi) is 6.55. The van der Waals surface area contributed by atoms with Crippen LogP contribution in [0.3, 0.4) is 0 Å². The standard InChI is InChI=1S/C12H27N3O2S/c1-3-15-9-6-12(7-10-15)14(2)18(16,17)11-5-4-8-13/h12H,3-11,13H2,1-2H3. The molecule has 1 heterocycles. The van der Waals surface area contributed by atoms with Crippen LogP contribution in [-0.2, 0) is 10.0 Å². The van der Waals surface area contributed by atoms with Crippen LogP contribution >= 0.6 is 0 Å². The van der Waals surface area contributed by atoms with Crippen molar-refractivity contribution >= 4 is 10.0 Å². The van der Waals surface area contributed by atoms with Gasteiger partial charge in [-0.3, -0.25) is 0 Å². The monoisotopic (exact) mass is 277 g/mol. The lowest BCUT2D eigenvalue weighted by Gasteiger charge is -2.35. The molecule has 0 amide bonds. The number of unbranched alkanes of at least 4 members (excludes halogenated alkanes) is 1. The minimum absolute atomic E-state index is 0.177. The Morgan fingerprint density at radius 2 is 1.89 bits per heavy atom. The molecule has 0 spiro atoms. The Morgan fingerprint density at radius 3 is 2.39 bits per heavy atom. The van der Waals surface area contributed by atoms with Gasteiger partial charge in [0.2, 0.25) is 10.0 Å². The highest BCUT2D eigenvalue weighted by Crippen LogP contribution is 2.18. The number of piperidine rings is 1. The molecular weight excluding hydrogens is 250 g/mol. The molecule has 0 saturated carbocycles. The molecule has 1 aliphatic rings. The summed E-state index contributed by atoms with van der Waals surface area (Å²) in [5.41, 5.74) is 5.39. The summed E-state index contributed by atoms with van der Waals surface area (Å²) in [6.07, 6.45) is 3.33. The number of rotatable bonds is 7. The van der Waals surface area contributed by atoms with Gasteiger partial charge in [0.15, 0.2) is 0 Å². The van der Waals surface area contributed by atoms with Gasteiger partial charge in [0.1, 0.15) is 0 Å². The molecule has 1 saturated heterocycles. The average Bonchev–Trinajstić information content (AvgIpc) is 2.38. The van der Waals surface area contributed by atoms with Crippen LogP contribution in [0.4, 0.5) is 0 Å². The lowest BCUT2D eigenvalue weighted by atomic mass is 10.1. The molecule has 0 bridgehead atoms. The van der Waals surface area contributed by atoms with E-state index in [1.807, 2.05) is 0 Å². The molecule has 0 aliphatic carbocycles. The minimum atomic E-state index is -3.10. The van der Waals surface area contributed by atoms with Crippen LogP contribution in [0.15, 0.2) is 0 Å². The number of likely N-dealkylation sites (tertiary alicyclic amines) is 1. The maximum Gasteiger partial charge on any atom is 0.214 e. The molecule has 0 aromatic heterocycles. The number of hydrogen-bond donors (Lipinski definition) is 1. The molecule has 0 atom stereocenters. The minimum Gasteiger partial charge on any atom is -0.330 e. The third-order valence-electron chi connectivity index (χ3n) is 3.81. The maximum absolute atomic E-state index is 12.1. The Bertz CT molecular complexity index is 324. The topological polar surface area (TPSA) is 66.6 Å². The van der Waals surface area contributed by atoms with Crippen molar-refractivity contribution in [2.45, 2.75) is 38.6 Å². The Hall–Kier alpha value is -0.170. The van der Waals surface area contributed by atoms with Gasteiger partial charge in [-0.2, -0.15) is 0 Å². The van der Waals surface area contributed by atoms with Gasteiger partial charge >= 0.3 is 0 Å². The van der Waals surface area contributed by atoms with E-state index in [-0.39, 0.29) is 11.8 Å². The van der Waals surface area contributed by atoms with Crippen LogP contribution in [0.1, 0.15) is 32.6 Å². The normalized spacial score (nSPS) is 19.6. The molecule has 1 aliphatic heterocycles. The molecule has 18 heavy (non-hydrogen) atoms. The van der Waals surface area contributed by atoms with Crippen molar-refractivity contribution in [1.82, 2.24) is 9.21 Å². The largest absolute Gasteiger partial charge is 0.330 e. The fourth-order valence-corrected chi connectivity index (χ4v) is 3.92. The third kappa shape index (κ3) is 4.50. The summed E-state index contributed by atoms with van der Waals surface area (Å²) in [4.78, 5) is 2.37. The predicted octanol–water partition coefficient (Wildman–Crippen LogP) is 0.471. The number of nitrogens with two attached hydrogens (primary N) is 1. The fourth-order valence-electron chi connectivity index (χ4n) is 2.40. The fraction of sp³-hybridized carbons (Fsp3) is 1.00. The quantitative estimate of drug-likeness (QED) is 0.687. The van der Waals surface area contributed by atoms with Crippen LogP contribution in [0.5, 0.6) is 0 Å². The molecule has 2 N–H and O–H groups in total. The molecule has 0 unspecified atom stereocenters. The van der Waals surface area contributed by atoms with E-state index in [9.17, 15) is 8.42 Å². The van der Waals surface area contributed by atoms with Crippen molar-refractivity contribution in [1.29, 1.82) is 0 Å². The average molecular weight is 277 g/mol. The smallest absolute Gasteiger partial charge is 0.214 e. The van der Waals surface area contributed by atoms with E-state index in [1.165, 1.54) is 0 Å². The first-order valence-electron chi connectivity index (χ1n) is 6.89. The molecule has 1 fully saturated rings. The molecule has 6 heteroatoms. The summed E-state index contributed by atoms with van der Waals surface area (Å²) in [6, 6.07) is 0.177. The lowest BCUT2D eigenvalue weighted by molar-refractivity contribution is 0.176. The second-order valence-corrected chi connectivity index (χ2v) is 7.14. The molecular formula is C12H27N3O2S. The van der Waals surface area contributed by atoms with Gasteiger partial charge in [0.05, 0.1) is 5.75 Å². The highest BCUT2D eigenvalue weighted by molar-refractivity contribution is 7.89. The highest BCUT2D eigenvalue weighted by Gasteiger charge is 2.28. The van der Waals surface area contributed by atoms with Crippen LogP contribution in [0.25, 0.3) is 0 Å². The Morgan fingerprint density at radius 1 is 1.28 bits per heavy atom. The lowest BCUT2D eigenvalue weighted by Crippen LogP contribution is -2.46. The van der Waals surface area contributed by atoms with Gasteiger partial charge in [-0.15, -0.1) is 0 Å². The zero-order valence-corrected chi connectivity index (χ0v) is 12.5. The second kappa shape index (κ2) is 7.43. The van der Waals surface area contributed by atoms with Crippen molar-refractivity contribution in [2.75, 3.05) is 39.0 Å². The molecule has 0 aromatic rings. The number of sulfonamides is 1. The van der Waals surface area contributed by atoms with E-state index in [1.54, 1.807) is 11.4 Å². The van der Waals surface area contributed by atoms with Gasteiger partial charge in [-0.1, -0.05) is 6.92 Å². The molecule has 0 radical (unpaired) electrons. The summed E-state index contributed by atoms with van der Waals surface area (Å²) >= 11 is 0. The van der Waals surface area contributed by atoms with E-state index in [4.69, 9.17) is 5.73 Å². The van der Waals surface area contributed by atoms with Crippen molar-refractivity contribution in [2.24, 2.45) is 5.73 Å². The SMILES string of the molecule is CCN1CCC(N(C)S(=O)(=O)CCCCN)CC1. The van der Waals surface area contributed by atoms with Gasteiger partial charge < -0.3 is 10.6 Å². The van der Waals surface area contributed by atoms with Crippen LogP contribution in [-0.4, -0.2) is 62.6 Å². The maximum atomic E-state index is 12.1. The first kappa shape index (κ1) is 15.9. The second-order valence-electron chi connectivity index (χ2n) is 4.99. The van der Waals surface area contributed by atoms with Crippen LogP contribution in [0, 0.1) is 0 Å². The molecule has 1 rings (SSSR count). The van der Waals surface area contributed by atoms with Crippen LogP contribution < -0.4 is 5.73 Å². The summed E-state index contributed by atoms with van der Waals surface area (Å²) in [6.45, 7) is 5.77. The zero-order chi connectivity index (χ0) is 13.6. The number of nitrogens with zero attached hydrogens (tertiary/aromatic N) is 2. The van der Waals surface area contributed by atoms with E-state index in [2.05, 4.69) is 11.8 Å². The summed E-state index contributed by atoms with van der Waals surface area (Å²) < 4.78 is 25.8. The summed E-state index contributed by atoms with van der Waals surface area (Å²) in [5, 5.41) is 0. The number of hydrogen-bond acceptors (Lipinski definition) is 4. The van der Waals surface area contributed by atoms with Gasteiger partial charge in [-0.05, 0) is 51.9 Å². The molecule has 5 nitrogen and oxygen atoms in total. The highest BCUT2D eigenvalue weighted by atomic mass is 32.2. The van der Waals surface area contributed by atoms with E-state index in [0.717, 1.165) is 38.9 Å². The van der Waals surface area contributed by atoms with Gasteiger partial charge in [-0.25, -0.2) is 12.7 Å². The zero-order valence-electron chi connectivity index (χ0n) is 11.6. The Labute approximate surface area is 111 Å². The van der Waals surface area contributed by atoms with Crippen molar-refractivity contribution in [3.8, 4) is 0 Å². The summed E-state index contributed by atoms with van der Waals surface area (Å²) in [5.74, 6) is 0.231. The predicted molar refractivity (Wildman–Crippen MR) is 75.0 cm³/mol. The van der Waals surface area contributed by atoms with Crippen molar-refractivity contribution in [3.63, 3.8) is 0 Å². The van der Waals surface area contributed by atoms with E-state index >= 15 is 0 Å². The van der Waals surface area contributed by atoms with Gasteiger partial charge in [0.25, 0.3) is 0 Å². The van der Waals surface area contributed by atoms with Crippen molar-refractivity contribution < 1.29 is 8.42 Å². The van der Waals surface area contributed by atoms with Crippen LogP contribution in [0.2, 0.25) is 0 Å². The van der Waals surface area contributed by atoms with E-state index < -0.39 is 10.0 Å². The molecule has 108 valence electrons. The first-order chi connectivity index (χ1) is 8.51. The molecule has 0 aromatic carbocycles. The Balaban J connectivity index is 2.45. The first-order valence-corrected chi connectivity index (χ1v) is 8.50. The van der Waals surface area contributed by atoms with Gasteiger partial charge in [0, 0.05) is 13.1 Å². The van der Waals surface area contributed by atoms with E-state index in [0.29, 0.717) is 13.0 Å². The third-order valence-corrected chi connectivity index (χ3v) is 5.79. The summed E-state index contributed by atoms with van der Waals surface area (Å²) in [7, 11) is -1.37. The van der Waals surface area contributed by atoms with Crippen molar-refractivity contribution in [3.05, 3.63) is 0 Å².